The molecule has 0 amide bonds. The first-order chi connectivity index (χ1) is 10.4. The zero-order valence-corrected chi connectivity index (χ0v) is 11.8. The van der Waals surface area contributed by atoms with Gasteiger partial charge in [0, 0.05) is 11.6 Å². The number of nitro benzene ring substituents is 2. The predicted molar refractivity (Wildman–Crippen MR) is 79.0 cm³/mol. The Kier molecular flexibility index (Phi) is 4.16. The normalized spacial score (nSPS) is 11.3. The number of anilines is 1. The standard InChI is InChI=1S/C13H12N4O5/c1-8(11-5-6-22-9(11)2)14-15-12-4-3-10(16(18)19)7-13(12)17(20)21/h3-7,15H,1-2H3/b14-8-. The third kappa shape index (κ3) is 3.08. The molecule has 2 aromatic rings. The number of rotatable bonds is 5. The van der Waals surface area contributed by atoms with Gasteiger partial charge in [-0.25, -0.2) is 0 Å². The van der Waals surface area contributed by atoms with Crippen molar-refractivity contribution in [1.29, 1.82) is 0 Å². The molecule has 114 valence electrons. The topological polar surface area (TPSA) is 124 Å². The molecule has 2 rings (SSSR count). The number of benzene rings is 1. The van der Waals surface area contributed by atoms with E-state index in [-0.39, 0.29) is 11.4 Å². The zero-order valence-electron chi connectivity index (χ0n) is 11.8. The van der Waals surface area contributed by atoms with Crippen LogP contribution in [0.3, 0.4) is 0 Å². The zero-order chi connectivity index (χ0) is 16.3. The highest BCUT2D eigenvalue weighted by Crippen LogP contribution is 2.29. The molecule has 0 aliphatic heterocycles. The first-order valence-electron chi connectivity index (χ1n) is 6.17. The Labute approximate surface area is 124 Å². The fourth-order valence-electron chi connectivity index (χ4n) is 1.84. The molecule has 0 bridgehead atoms. The molecule has 0 radical (unpaired) electrons. The molecule has 0 spiro atoms. The van der Waals surface area contributed by atoms with Crippen LogP contribution in [-0.2, 0) is 0 Å². The first kappa shape index (κ1) is 15.2. The summed E-state index contributed by atoms with van der Waals surface area (Å²) in [6.45, 7) is 3.48. The Bertz CT molecular complexity index is 766. The fraction of sp³-hybridized carbons (Fsp3) is 0.154. The van der Waals surface area contributed by atoms with E-state index in [1.807, 2.05) is 0 Å². The van der Waals surface area contributed by atoms with E-state index in [4.69, 9.17) is 4.42 Å². The molecular formula is C13H12N4O5. The molecule has 22 heavy (non-hydrogen) atoms. The number of hydrazone groups is 1. The van der Waals surface area contributed by atoms with Crippen molar-refractivity contribution in [3.8, 4) is 0 Å². The van der Waals surface area contributed by atoms with Crippen LogP contribution in [0.1, 0.15) is 18.2 Å². The van der Waals surface area contributed by atoms with Crippen LogP contribution in [0.15, 0.2) is 40.0 Å². The molecule has 0 atom stereocenters. The Morgan fingerprint density at radius 1 is 1.23 bits per heavy atom. The number of nitrogens with one attached hydrogen (secondary N) is 1. The van der Waals surface area contributed by atoms with E-state index in [0.717, 1.165) is 11.6 Å². The van der Waals surface area contributed by atoms with E-state index in [0.29, 0.717) is 11.5 Å². The van der Waals surface area contributed by atoms with Crippen LogP contribution in [0, 0.1) is 27.2 Å². The molecule has 1 heterocycles. The summed E-state index contributed by atoms with van der Waals surface area (Å²) in [5.74, 6) is 0.668. The molecular weight excluding hydrogens is 292 g/mol. The number of nitro groups is 2. The molecule has 1 aromatic heterocycles. The number of furan rings is 1. The lowest BCUT2D eigenvalue weighted by Gasteiger charge is -2.04. The van der Waals surface area contributed by atoms with Gasteiger partial charge in [-0.05, 0) is 26.0 Å². The Hall–Kier alpha value is -3.23. The van der Waals surface area contributed by atoms with Crippen LogP contribution >= 0.6 is 0 Å². The van der Waals surface area contributed by atoms with Crippen LogP contribution < -0.4 is 5.43 Å². The number of non-ortho nitro benzene ring substituents is 1. The van der Waals surface area contributed by atoms with Crippen molar-refractivity contribution in [3.05, 3.63) is 62.1 Å². The highest BCUT2D eigenvalue weighted by atomic mass is 16.6. The lowest BCUT2D eigenvalue weighted by molar-refractivity contribution is -0.393. The maximum absolute atomic E-state index is 11.0. The molecule has 0 saturated heterocycles. The van der Waals surface area contributed by atoms with E-state index in [9.17, 15) is 20.2 Å². The molecule has 0 saturated carbocycles. The fourth-order valence-corrected chi connectivity index (χ4v) is 1.84. The van der Waals surface area contributed by atoms with Gasteiger partial charge in [-0.3, -0.25) is 25.7 Å². The Morgan fingerprint density at radius 3 is 2.50 bits per heavy atom. The average Bonchev–Trinajstić information content (AvgIpc) is 2.90. The van der Waals surface area contributed by atoms with Crippen molar-refractivity contribution >= 4 is 22.8 Å². The summed E-state index contributed by atoms with van der Waals surface area (Å²) < 4.78 is 5.15. The second-order valence-electron chi connectivity index (χ2n) is 4.42. The maximum Gasteiger partial charge on any atom is 0.301 e. The summed E-state index contributed by atoms with van der Waals surface area (Å²) in [6.07, 6.45) is 1.51. The number of aryl methyl sites for hydroxylation is 1. The SMILES string of the molecule is C/C(=N/Nc1ccc([N+](=O)[O-])cc1[N+](=O)[O-])c1ccoc1C. The average molecular weight is 304 g/mol. The van der Waals surface area contributed by atoms with Gasteiger partial charge in [0.2, 0.25) is 0 Å². The van der Waals surface area contributed by atoms with Crippen LogP contribution in [0.5, 0.6) is 0 Å². The van der Waals surface area contributed by atoms with Gasteiger partial charge in [0.1, 0.15) is 11.4 Å². The summed E-state index contributed by atoms with van der Waals surface area (Å²) in [4.78, 5) is 20.3. The van der Waals surface area contributed by atoms with Crippen molar-refractivity contribution in [2.75, 3.05) is 5.43 Å². The highest BCUT2D eigenvalue weighted by Gasteiger charge is 2.19. The van der Waals surface area contributed by atoms with E-state index in [1.165, 1.54) is 18.4 Å². The third-order valence-electron chi connectivity index (χ3n) is 2.98. The van der Waals surface area contributed by atoms with Gasteiger partial charge >= 0.3 is 5.69 Å². The molecule has 9 heteroatoms. The molecule has 0 fully saturated rings. The molecule has 9 nitrogen and oxygen atoms in total. The van der Waals surface area contributed by atoms with Crippen LogP contribution in [-0.4, -0.2) is 15.6 Å². The van der Waals surface area contributed by atoms with Gasteiger partial charge in [-0.2, -0.15) is 5.10 Å². The van der Waals surface area contributed by atoms with Crippen molar-refractivity contribution in [2.24, 2.45) is 5.10 Å². The Morgan fingerprint density at radius 2 is 1.95 bits per heavy atom. The lowest BCUT2D eigenvalue weighted by Crippen LogP contribution is -2.02. The van der Waals surface area contributed by atoms with Crippen LogP contribution in [0.2, 0.25) is 0 Å². The monoisotopic (exact) mass is 304 g/mol. The number of hydrogen-bond donors (Lipinski definition) is 1. The second-order valence-corrected chi connectivity index (χ2v) is 4.42. The van der Waals surface area contributed by atoms with Gasteiger partial charge in [0.05, 0.1) is 27.9 Å². The number of hydrogen-bond acceptors (Lipinski definition) is 7. The van der Waals surface area contributed by atoms with Crippen molar-refractivity contribution < 1.29 is 14.3 Å². The molecule has 0 unspecified atom stereocenters. The van der Waals surface area contributed by atoms with Gasteiger partial charge in [-0.15, -0.1) is 0 Å². The van der Waals surface area contributed by atoms with Gasteiger partial charge < -0.3 is 4.42 Å². The van der Waals surface area contributed by atoms with E-state index < -0.39 is 15.5 Å². The summed E-state index contributed by atoms with van der Waals surface area (Å²) in [5, 5.41) is 25.7. The summed E-state index contributed by atoms with van der Waals surface area (Å²) in [6, 6.07) is 5.02. The van der Waals surface area contributed by atoms with Crippen molar-refractivity contribution in [2.45, 2.75) is 13.8 Å². The molecule has 1 N–H and O–H groups in total. The minimum atomic E-state index is -0.705. The highest BCUT2D eigenvalue weighted by molar-refractivity contribution is 5.99. The summed E-state index contributed by atoms with van der Waals surface area (Å²) in [7, 11) is 0. The smallest absolute Gasteiger partial charge is 0.301 e. The van der Waals surface area contributed by atoms with Gasteiger partial charge in [0.15, 0.2) is 0 Å². The number of nitrogens with zero attached hydrogens (tertiary/aromatic N) is 3. The first-order valence-corrected chi connectivity index (χ1v) is 6.17. The van der Waals surface area contributed by atoms with E-state index in [1.54, 1.807) is 19.9 Å². The van der Waals surface area contributed by atoms with Gasteiger partial charge in [0.25, 0.3) is 5.69 Å². The minimum absolute atomic E-state index is 0.0658. The van der Waals surface area contributed by atoms with Crippen molar-refractivity contribution in [3.63, 3.8) is 0 Å². The molecule has 0 aliphatic carbocycles. The predicted octanol–water partition coefficient (Wildman–Crippen LogP) is 3.24. The Balaban J connectivity index is 2.31. The molecule has 1 aromatic carbocycles. The second kappa shape index (κ2) is 6.04. The third-order valence-corrected chi connectivity index (χ3v) is 2.98. The van der Waals surface area contributed by atoms with Crippen molar-refractivity contribution in [1.82, 2.24) is 0 Å². The largest absolute Gasteiger partial charge is 0.469 e. The van der Waals surface area contributed by atoms with Crippen LogP contribution in [0.4, 0.5) is 17.1 Å². The summed E-state index contributed by atoms with van der Waals surface area (Å²) >= 11 is 0. The van der Waals surface area contributed by atoms with E-state index >= 15 is 0 Å². The van der Waals surface area contributed by atoms with Crippen LogP contribution in [0.25, 0.3) is 0 Å². The quantitative estimate of drug-likeness (QED) is 0.513. The maximum atomic E-state index is 11.0. The van der Waals surface area contributed by atoms with Gasteiger partial charge in [-0.1, -0.05) is 0 Å². The lowest BCUT2D eigenvalue weighted by atomic mass is 10.2. The van der Waals surface area contributed by atoms with E-state index in [2.05, 4.69) is 10.5 Å². The minimum Gasteiger partial charge on any atom is -0.469 e. The summed E-state index contributed by atoms with van der Waals surface area (Å²) in [5.41, 5.74) is 3.17. The molecule has 0 aliphatic rings.